The quantitative estimate of drug-likeness (QED) is 0.716. The molecule has 8 heteroatoms. The standard InChI is InChI=1S/C25H28ClN3O4/c26-20-8-4-3-7-19(20)25(31)29-13-11-28(12-14-29)23(17-5-1-2-6-17)24(30)27-18-9-10-21-22(15-18)33-16-32-21/h3-4,7-10,15,17,23H,1-2,5-6,11-14,16H2,(H,27,30)/t23-/m0/s1. The number of fused-ring (bicyclic) bond motifs is 1. The molecule has 3 aliphatic rings. The summed E-state index contributed by atoms with van der Waals surface area (Å²) in [6.07, 6.45) is 4.42. The fourth-order valence-electron chi connectivity index (χ4n) is 5.15. The van der Waals surface area contributed by atoms with Crippen molar-refractivity contribution in [3.63, 3.8) is 0 Å². The molecule has 1 aliphatic carbocycles. The summed E-state index contributed by atoms with van der Waals surface area (Å²) in [6, 6.07) is 12.4. The largest absolute Gasteiger partial charge is 0.454 e. The van der Waals surface area contributed by atoms with Crippen LogP contribution in [0, 0.1) is 5.92 Å². The van der Waals surface area contributed by atoms with Gasteiger partial charge in [0.1, 0.15) is 0 Å². The van der Waals surface area contributed by atoms with Gasteiger partial charge in [0.15, 0.2) is 11.5 Å². The molecule has 0 spiro atoms. The zero-order chi connectivity index (χ0) is 22.8. The zero-order valence-electron chi connectivity index (χ0n) is 18.5. The van der Waals surface area contributed by atoms with Gasteiger partial charge >= 0.3 is 0 Å². The molecule has 2 aromatic carbocycles. The van der Waals surface area contributed by atoms with Crippen molar-refractivity contribution in [1.29, 1.82) is 0 Å². The Bertz CT molecular complexity index is 1030. The zero-order valence-corrected chi connectivity index (χ0v) is 19.2. The number of halogens is 1. The SMILES string of the molecule is O=C(Nc1ccc2c(c1)OCO2)[C@H](C1CCCC1)N1CCN(C(=O)c2ccccc2Cl)CC1. The van der Waals surface area contributed by atoms with Crippen molar-refractivity contribution in [1.82, 2.24) is 9.80 Å². The summed E-state index contributed by atoms with van der Waals surface area (Å²) >= 11 is 6.23. The highest BCUT2D eigenvalue weighted by Crippen LogP contribution is 2.35. The second kappa shape index (κ2) is 9.61. The summed E-state index contributed by atoms with van der Waals surface area (Å²) in [5.74, 6) is 1.62. The average molecular weight is 470 g/mol. The molecular weight excluding hydrogens is 442 g/mol. The maximum absolute atomic E-state index is 13.5. The van der Waals surface area contributed by atoms with E-state index in [1.807, 2.05) is 35.2 Å². The Hall–Kier alpha value is -2.77. The van der Waals surface area contributed by atoms with Gasteiger partial charge in [-0.2, -0.15) is 0 Å². The van der Waals surface area contributed by atoms with E-state index in [1.54, 1.807) is 12.1 Å². The van der Waals surface area contributed by atoms with Crippen molar-refractivity contribution >= 4 is 29.1 Å². The molecule has 0 bridgehead atoms. The first kappa shape index (κ1) is 22.0. The molecule has 0 aromatic heterocycles. The molecule has 1 saturated carbocycles. The van der Waals surface area contributed by atoms with Crippen molar-refractivity contribution in [2.75, 3.05) is 38.3 Å². The highest BCUT2D eigenvalue weighted by atomic mass is 35.5. The summed E-state index contributed by atoms with van der Waals surface area (Å²) in [5.41, 5.74) is 1.24. The molecule has 1 saturated heterocycles. The summed E-state index contributed by atoms with van der Waals surface area (Å²) in [6.45, 7) is 2.67. The Kier molecular flexibility index (Phi) is 6.42. The van der Waals surface area contributed by atoms with Crippen LogP contribution < -0.4 is 14.8 Å². The first-order chi connectivity index (χ1) is 16.1. The Morgan fingerprint density at radius 2 is 1.70 bits per heavy atom. The molecule has 1 N–H and O–H groups in total. The lowest BCUT2D eigenvalue weighted by atomic mass is 9.94. The molecule has 1 atom stereocenters. The van der Waals surface area contributed by atoms with E-state index in [4.69, 9.17) is 21.1 Å². The number of benzene rings is 2. The maximum atomic E-state index is 13.5. The molecule has 5 rings (SSSR count). The number of ether oxygens (including phenoxy) is 2. The Morgan fingerprint density at radius 1 is 0.970 bits per heavy atom. The number of nitrogens with zero attached hydrogens (tertiary/aromatic N) is 2. The van der Waals surface area contributed by atoms with Crippen molar-refractivity contribution in [3.05, 3.63) is 53.1 Å². The summed E-state index contributed by atoms with van der Waals surface area (Å²) in [5, 5.41) is 3.57. The molecule has 2 amide bonds. The lowest BCUT2D eigenvalue weighted by Crippen LogP contribution is -2.57. The lowest BCUT2D eigenvalue weighted by Gasteiger charge is -2.40. The van der Waals surface area contributed by atoms with Crippen molar-refractivity contribution in [2.45, 2.75) is 31.7 Å². The molecule has 174 valence electrons. The van der Waals surface area contributed by atoms with Crippen LogP contribution in [-0.2, 0) is 4.79 Å². The van der Waals surface area contributed by atoms with Gasteiger partial charge in [-0.3, -0.25) is 14.5 Å². The van der Waals surface area contributed by atoms with Crippen molar-refractivity contribution in [3.8, 4) is 11.5 Å². The van der Waals surface area contributed by atoms with Gasteiger partial charge in [-0.25, -0.2) is 0 Å². The van der Waals surface area contributed by atoms with Crippen LogP contribution >= 0.6 is 11.6 Å². The molecule has 2 aromatic rings. The van der Waals surface area contributed by atoms with Crippen LogP contribution in [0.15, 0.2) is 42.5 Å². The second-order valence-corrected chi connectivity index (χ2v) is 9.26. The molecule has 2 heterocycles. The summed E-state index contributed by atoms with van der Waals surface area (Å²) in [7, 11) is 0. The smallest absolute Gasteiger partial charge is 0.255 e. The number of anilines is 1. The number of hydrogen-bond acceptors (Lipinski definition) is 5. The van der Waals surface area contributed by atoms with Crippen LogP contribution in [0.2, 0.25) is 5.02 Å². The summed E-state index contributed by atoms with van der Waals surface area (Å²) in [4.78, 5) is 30.5. The first-order valence-electron chi connectivity index (χ1n) is 11.6. The first-order valence-corrected chi connectivity index (χ1v) is 12.0. The maximum Gasteiger partial charge on any atom is 0.255 e. The third-order valence-electron chi connectivity index (χ3n) is 6.85. The van der Waals surface area contributed by atoms with Crippen LogP contribution in [0.1, 0.15) is 36.0 Å². The Morgan fingerprint density at radius 3 is 2.45 bits per heavy atom. The van der Waals surface area contributed by atoms with Crippen LogP contribution in [-0.4, -0.2) is 60.6 Å². The van der Waals surface area contributed by atoms with E-state index in [-0.39, 0.29) is 24.6 Å². The topological polar surface area (TPSA) is 71.1 Å². The Labute approximate surface area is 198 Å². The Balaban J connectivity index is 1.27. The number of amides is 2. The monoisotopic (exact) mass is 469 g/mol. The van der Waals surface area contributed by atoms with E-state index in [0.29, 0.717) is 59.9 Å². The van der Waals surface area contributed by atoms with E-state index in [9.17, 15) is 9.59 Å². The number of carbonyl (C=O) groups excluding carboxylic acids is 2. The predicted octanol–water partition coefficient (Wildman–Crippen LogP) is 4.02. The van der Waals surface area contributed by atoms with E-state index in [0.717, 1.165) is 25.7 Å². The van der Waals surface area contributed by atoms with Crippen LogP contribution in [0.25, 0.3) is 0 Å². The van der Waals surface area contributed by atoms with Gasteiger partial charge in [-0.15, -0.1) is 0 Å². The number of piperazine rings is 1. The molecule has 2 aliphatic heterocycles. The van der Waals surface area contributed by atoms with Crippen LogP contribution in [0.4, 0.5) is 5.69 Å². The molecule has 0 unspecified atom stereocenters. The highest BCUT2D eigenvalue weighted by molar-refractivity contribution is 6.33. The van der Waals surface area contributed by atoms with E-state index in [2.05, 4.69) is 10.2 Å². The predicted molar refractivity (Wildman–Crippen MR) is 126 cm³/mol. The molecule has 2 fully saturated rings. The van der Waals surface area contributed by atoms with Gasteiger partial charge < -0.3 is 19.7 Å². The van der Waals surface area contributed by atoms with Gasteiger partial charge in [0, 0.05) is 37.9 Å². The number of nitrogens with one attached hydrogen (secondary N) is 1. The second-order valence-electron chi connectivity index (χ2n) is 8.85. The van der Waals surface area contributed by atoms with Gasteiger partial charge in [0.2, 0.25) is 12.7 Å². The van der Waals surface area contributed by atoms with Crippen molar-refractivity contribution < 1.29 is 19.1 Å². The normalized spacial score (nSPS) is 19.5. The highest BCUT2D eigenvalue weighted by Gasteiger charge is 2.37. The molecule has 7 nitrogen and oxygen atoms in total. The fourth-order valence-corrected chi connectivity index (χ4v) is 5.37. The average Bonchev–Trinajstić information content (AvgIpc) is 3.52. The minimum atomic E-state index is -0.213. The van der Waals surface area contributed by atoms with Gasteiger partial charge in [0.25, 0.3) is 5.91 Å². The fraction of sp³-hybridized carbons (Fsp3) is 0.440. The number of rotatable bonds is 5. The molecule has 33 heavy (non-hydrogen) atoms. The molecular formula is C25H28ClN3O4. The van der Waals surface area contributed by atoms with E-state index in [1.165, 1.54) is 0 Å². The third-order valence-corrected chi connectivity index (χ3v) is 7.18. The molecule has 0 radical (unpaired) electrons. The van der Waals surface area contributed by atoms with Gasteiger partial charge in [-0.05, 0) is 43.0 Å². The number of hydrogen-bond donors (Lipinski definition) is 1. The van der Waals surface area contributed by atoms with Crippen molar-refractivity contribution in [2.24, 2.45) is 5.92 Å². The summed E-state index contributed by atoms with van der Waals surface area (Å²) < 4.78 is 10.8. The minimum Gasteiger partial charge on any atom is -0.454 e. The van der Waals surface area contributed by atoms with Crippen LogP contribution in [0.5, 0.6) is 11.5 Å². The minimum absolute atomic E-state index is 0.00615. The van der Waals surface area contributed by atoms with Gasteiger partial charge in [0.05, 0.1) is 16.6 Å². The lowest BCUT2D eigenvalue weighted by molar-refractivity contribution is -0.123. The van der Waals surface area contributed by atoms with Crippen LogP contribution in [0.3, 0.4) is 0 Å². The van der Waals surface area contributed by atoms with E-state index >= 15 is 0 Å². The number of carbonyl (C=O) groups is 2. The van der Waals surface area contributed by atoms with Gasteiger partial charge in [-0.1, -0.05) is 36.6 Å². The van der Waals surface area contributed by atoms with E-state index < -0.39 is 0 Å². The third kappa shape index (κ3) is 4.66.